The first kappa shape index (κ1) is 7.17. The Hall–Kier alpha value is -0.830. The SMILES string of the molecule is CN(C=N)C=CCO. The molecule has 0 aromatic rings. The van der Waals surface area contributed by atoms with Gasteiger partial charge in [0, 0.05) is 13.2 Å². The molecule has 0 unspecified atom stereocenters. The molecule has 0 aliphatic carbocycles. The fourth-order valence-corrected chi connectivity index (χ4v) is 0.256. The van der Waals surface area contributed by atoms with E-state index in [1.807, 2.05) is 0 Å². The van der Waals surface area contributed by atoms with Crippen LogP contribution in [0.1, 0.15) is 0 Å². The molecular formula is C5H10N2O. The summed E-state index contributed by atoms with van der Waals surface area (Å²) in [6, 6.07) is 0. The summed E-state index contributed by atoms with van der Waals surface area (Å²) in [6.07, 6.45) is 4.34. The van der Waals surface area contributed by atoms with Crippen molar-refractivity contribution >= 4 is 6.34 Å². The monoisotopic (exact) mass is 114 g/mol. The first-order valence-electron chi connectivity index (χ1n) is 2.31. The van der Waals surface area contributed by atoms with Crippen molar-refractivity contribution in [2.75, 3.05) is 13.7 Å². The molecule has 8 heavy (non-hydrogen) atoms. The third-order valence-corrected chi connectivity index (χ3v) is 0.650. The maximum absolute atomic E-state index is 8.22. The van der Waals surface area contributed by atoms with Crippen molar-refractivity contribution in [1.82, 2.24) is 4.90 Å². The van der Waals surface area contributed by atoms with Crippen LogP contribution in [-0.4, -0.2) is 30.0 Å². The lowest BCUT2D eigenvalue weighted by Crippen LogP contribution is -2.05. The van der Waals surface area contributed by atoms with Crippen molar-refractivity contribution in [2.24, 2.45) is 0 Å². The Kier molecular flexibility index (Phi) is 3.88. The fourth-order valence-electron chi connectivity index (χ4n) is 0.256. The van der Waals surface area contributed by atoms with Gasteiger partial charge in [0.1, 0.15) is 0 Å². The van der Waals surface area contributed by atoms with Gasteiger partial charge in [-0.1, -0.05) is 0 Å². The molecule has 2 N–H and O–H groups in total. The third-order valence-electron chi connectivity index (χ3n) is 0.650. The normalized spacial score (nSPS) is 9.75. The summed E-state index contributed by atoms with van der Waals surface area (Å²) >= 11 is 0. The largest absolute Gasteiger partial charge is 0.392 e. The first-order chi connectivity index (χ1) is 3.81. The second-order valence-corrected chi connectivity index (χ2v) is 1.36. The Balaban J connectivity index is 3.35. The van der Waals surface area contributed by atoms with Gasteiger partial charge in [-0.05, 0) is 6.08 Å². The predicted octanol–water partition coefficient (Wildman–Crippen LogP) is 0.0313. The topological polar surface area (TPSA) is 47.3 Å². The van der Waals surface area contributed by atoms with Crippen LogP contribution in [0, 0.1) is 5.41 Å². The van der Waals surface area contributed by atoms with Crippen LogP contribution in [0.5, 0.6) is 0 Å². The standard InChI is InChI=1S/C5H10N2O/c1-7(5-6)3-2-4-8/h2-3,5-6,8H,4H2,1H3. The summed E-state index contributed by atoms with van der Waals surface area (Å²) in [6.45, 7) is 0.0260. The van der Waals surface area contributed by atoms with Gasteiger partial charge in [0.05, 0.1) is 12.9 Å². The molecule has 46 valence electrons. The van der Waals surface area contributed by atoms with Crippen molar-refractivity contribution in [1.29, 1.82) is 5.41 Å². The van der Waals surface area contributed by atoms with Gasteiger partial charge in [0.15, 0.2) is 0 Å². The summed E-state index contributed by atoms with van der Waals surface area (Å²) in [4.78, 5) is 1.54. The van der Waals surface area contributed by atoms with E-state index in [1.54, 1.807) is 19.3 Å². The van der Waals surface area contributed by atoms with Crippen LogP contribution >= 0.6 is 0 Å². The molecule has 0 bridgehead atoms. The molecule has 3 nitrogen and oxygen atoms in total. The summed E-state index contributed by atoms with van der Waals surface area (Å²) < 4.78 is 0. The molecule has 3 heteroatoms. The van der Waals surface area contributed by atoms with Crippen LogP contribution in [0.3, 0.4) is 0 Å². The Morgan fingerprint density at radius 2 is 2.38 bits per heavy atom. The lowest BCUT2D eigenvalue weighted by molar-refractivity contribution is 0.341. The highest BCUT2D eigenvalue weighted by Crippen LogP contribution is 1.75. The number of nitrogens with zero attached hydrogens (tertiary/aromatic N) is 1. The van der Waals surface area contributed by atoms with Crippen molar-refractivity contribution in [2.45, 2.75) is 0 Å². The van der Waals surface area contributed by atoms with E-state index in [4.69, 9.17) is 10.5 Å². The minimum absolute atomic E-state index is 0.0260. The fraction of sp³-hybridized carbons (Fsp3) is 0.400. The number of hydrogen-bond donors (Lipinski definition) is 2. The zero-order valence-electron chi connectivity index (χ0n) is 4.83. The van der Waals surface area contributed by atoms with Crippen molar-refractivity contribution in [3.8, 4) is 0 Å². The quantitative estimate of drug-likeness (QED) is 0.401. The number of aliphatic hydroxyl groups excluding tert-OH is 1. The Morgan fingerprint density at radius 1 is 1.75 bits per heavy atom. The molecule has 0 rings (SSSR count). The van der Waals surface area contributed by atoms with Gasteiger partial charge in [-0.25, -0.2) is 0 Å². The van der Waals surface area contributed by atoms with Gasteiger partial charge >= 0.3 is 0 Å². The Labute approximate surface area is 48.7 Å². The Morgan fingerprint density at radius 3 is 2.75 bits per heavy atom. The second kappa shape index (κ2) is 4.33. The highest BCUT2D eigenvalue weighted by molar-refractivity contribution is 5.51. The highest BCUT2D eigenvalue weighted by atomic mass is 16.2. The zero-order valence-corrected chi connectivity index (χ0v) is 4.83. The summed E-state index contributed by atoms with van der Waals surface area (Å²) in [5, 5.41) is 14.9. The minimum atomic E-state index is 0.0260. The van der Waals surface area contributed by atoms with Gasteiger partial charge in [-0.3, -0.25) is 5.41 Å². The number of aliphatic hydroxyl groups is 1. The van der Waals surface area contributed by atoms with Crippen LogP contribution in [0.15, 0.2) is 12.3 Å². The van der Waals surface area contributed by atoms with Gasteiger partial charge in [0.25, 0.3) is 0 Å². The molecule has 0 aliphatic rings. The average Bonchev–Trinajstić information content (AvgIpc) is 1.83. The molecule has 0 fully saturated rings. The van der Waals surface area contributed by atoms with Gasteiger partial charge < -0.3 is 10.0 Å². The Bertz CT molecular complexity index is 90.4. The van der Waals surface area contributed by atoms with E-state index in [0.717, 1.165) is 6.34 Å². The van der Waals surface area contributed by atoms with Gasteiger partial charge in [0.2, 0.25) is 0 Å². The van der Waals surface area contributed by atoms with E-state index in [2.05, 4.69) is 0 Å². The summed E-state index contributed by atoms with van der Waals surface area (Å²) in [5.74, 6) is 0. The molecule has 0 radical (unpaired) electrons. The van der Waals surface area contributed by atoms with E-state index in [-0.39, 0.29) is 6.61 Å². The molecule has 0 aromatic carbocycles. The number of rotatable bonds is 3. The molecule has 0 aliphatic heterocycles. The van der Waals surface area contributed by atoms with Gasteiger partial charge in [-0.2, -0.15) is 0 Å². The molecule has 0 heterocycles. The maximum atomic E-state index is 8.22. The molecule has 0 spiro atoms. The maximum Gasteiger partial charge on any atom is 0.0854 e. The van der Waals surface area contributed by atoms with Crippen molar-refractivity contribution in [3.05, 3.63) is 12.3 Å². The van der Waals surface area contributed by atoms with E-state index < -0.39 is 0 Å². The van der Waals surface area contributed by atoms with E-state index >= 15 is 0 Å². The molecule has 0 saturated heterocycles. The minimum Gasteiger partial charge on any atom is -0.392 e. The average molecular weight is 114 g/mol. The molecule has 0 aromatic heterocycles. The highest BCUT2D eigenvalue weighted by Gasteiger charge is 1.75. The first-order valence-corrected chi connectivity index (χ1v) is 2.31. The third kappa shape index (κ3) is 3.36. The summed E-state index contributed by atoms with van der Waals surface area (Å²) in [7, 11) is 1.72. The van der Waals surface area contributed by atoms with Gasteiger partial charge in [-0.15, -0.1) is 0 Å². The van der Waals surface area contributed by atoms with E-state index in [9.17, 15) is 0 Å². The van der Waals surface area contributed by atoms with Crippen LogP contribution in [0.25, 0.3) is 0 Å². The number of nitrogens with one attached hydrogen (secondary N) is 1. The number of hydrogen-bond acceptors (Lipinski definition) is 2. The van der Waals surface area contributed by atoms with Crippen molar-refractivity contribution < 1.29 is 5.11 Å². The lowest BCUT2D eigenvalue weighted by atomic mass is 10.6. The molecule has 0 atom stereocenters. The van der Waals surface area contributed by atoms with Crippen LogP contribution in [0.2, 0.25) is 0 Å². The van der Waals surface area contributed by atoms with Crippen LogP contribution < -0.4 is 0 Å². The molecule has 0 amide bonds. The smallest absolute Gasteiger partial charge is 0.0854 e. The van der Waals surface area contributed by atoms with E-state index in [0.29, 0.717) is 0 Å². The van der Waals surface area contributed by atoms with Crippen LogP contribution in [-0.2, 0) is 0 Å². The second-order valence-electron chi connectivity index (χ2n) is 1.36. The summed E-state index contributed by atoms with van der Waals surface area (Å²) in [5.41, 5.74) is 0. The lowest BCUT2D eigenvalue weighted by Gasteiger charge is -2.01. The van der Waals surface area contributed by atoms with E-state index in [1.165, 1.54) is 4.90 Å². The van der Waals surface area contributed by atoms with Crippen molar-refractivity contribution in [3.63, 3.8) is 0 Å². The predicted molar refractivity (Wildman–Crippen MR) is 32.8 cm³/mol. The van der Waals surface area contributed by atoms with Crippen LogP contribution in [0.4, 0.5) is 0 Å². The molecular weight excluding hydrogens is 104 g/mol. The molecule has 0 saturated carbocycles. The zero-order chi connectivity index (χ0) is 6.41.